The van der Waals surface area contributed by atoms with Crippen molar-refractivity contribution in [2.45, 2.75) is 70.9 Å². The van der Waals surface area contributed by atoms with E-state index in [-0.39, 0.29) is 9.52 Å². The molecular weight excluding hydrogens is 234 g/mol. The number of hydrogen-bond donors (Lipinski definition) is 0. The minimum absolute atomic E-state index is 0.172. The first kappa shape index (κ1) is 16.0. The van der Waals surface area contributed by atoms with E-state index in [1.807, 2.05) is 0 Å². The zero-order valence-electron chi connectivity index (χ0n) is 12.7. The Kier molecular flexibility index (Phi) is 9.59. The molecule has 0 unspecified atom stereocenters. The Bertz CT molecular complexity index is 211. The van der Waals surface area contributed by atoms with Crippen molar-refractivity contribution in [3.8, 4) is 0 Å². The van der Waals surface area contributed by atoms with Crippen LogP contribution in [-0.2, 0) is 0 Å². The molecule has 18 heavy (non-hydrogen) atoms. The van der Waals surface area contributed by atoms with Crippen molar-refractivity contribution < 1.29 is 0 Å². The zero-order valence-corrected chi connectivity index (χ0v) is 14.1. The predicted octanol–water partition coefficient (Wildman–Crippen LogP) is 4.00. The Hall–Kier alpha value is -0.0831. The van der Waals surface area contributed by atoms with Crippen LogP contribution in [0.4, 0.5) is 0 Å². The number of nitrogens with zero attached hydrogens (tertiary/aromatic N) is 1. The van der Waals surface area contributed by atoms with Crippen molar-refractivity contribution in [3.05, 3.63) is 11.6 Å². The molecule has 0 aromatic carbocycles. The molecule has 0 N–H and O–H groups in total. The molecule has 0 aliphatic carbocycles. The largest absolute Gasteiger partial charge is 0.304 e. The first-order valence-corrected chi connectivity index (χ1v) is 10.3. The highest BCUT2D eigenvalue weighted by atomic mass is 28.2. The molecule has 0 aromatic heterocycles. The van der Waals surface area contributed by atoms with Gasteiger partial charge in [-0.15, -0.1) is 0 Å². The summed E-state index contributed by atoms with van der Waals surface area (Å²) in [5.41, 5.74) is 1.74. The van der Waals surface area contributed by atoms with E-state index in [0.717, 1.165) is 0 Å². The lowest BCUT2D eigenvalue weighted by atomic mass is 10.1. The maximum Gasteiger partial charge on any atom is 0.0254 e. The van der Waals surface area contributed by atoms with Gasteiger partial charge in [0.1, 0.15) is 0 Å². The summed E-state index contributed by atoms with van der Waals surface area (Å²) in [6.07, 6.45) is 12.3. The van der Waals surface area contributed by atoms with E-state index in [0.29, 0.717) is 0 Å². The number of likely N-dealkylation sites (tertiary alicyclic amines) is 1. The minimum Gasteiger partial charge on any atom is -0.304 e. The van der Waals surface area contributed by atoms with Crippen molar-refractivity contribution in [3.63, 3.8) is 0 Å². The maximum atomic E-state index is 2.69. The molecule has 1 rings (SSSR count). The van der Waals surface area contributed by atoms with Crippen LogP contribution in [0.1, 0.15) is 58.8 Å². The van der Waals surface area contributed by atoms with Crippen LogP contribution in [0.5, 0.6) is 0 Å². The van der Waals surface area contributed by atoms with Crippen molar-refractivity contribution >= 4 is 9.52 Å². The summed E-state index contributed by atoms with van der Waals surface area (Å²) in [5, 5.41) is 0. The van der Waals surface area contributed by atoms with Crippen LogP contribution in [0.2, 0.25) is 12.1 Å². The van der Waals surface area contributed by atoms with Gasteiger partial charge in [0.25, 0.3) is 0 Å². The molecule has 0 saturated carbocycles. The number of rotatable bonds is 9. The normalized spacial score (nSPS) is 17.4. The minimum atomic E-state index is 0.172. The average molecular weight is 268 g/mol. The number of hydrogen-bond acceptors (Lipinski definition) is 1. The Morgan fingerprint density at radius 1 is 1.06 bits per heavy atom. The van der Waals surface area contributed by atoms with Gasteiger partial charge in [-0.1, -0.05) is 44.8 Å². The van der Waals surface area contributed by atoms with Crippen LogP contribution in [-0.4, -0.2) is 34.1 Å². The third-order valence-electron chi connectivity index (χ3n) is 3.95. The fraction of sp³-hybridized carbons (Fsp3) is 0.875. The lowest BCUT2D eigenvalue weighted by molar-refractivity contribution is 0.240. The van der Waals surface area contributed by atoms with E-state index in [1.54, 1.807) is 5.57 Å². The van der Waals surface area contributed by atoms with Crippen molar-refractivity contribution in [1.82, 2.24) is 4.90 Å². The van der Waals surface area contributed by atoms with Gasteiger partial charge >= 0.3 is 0 Å². The first-order chi connectivity index (χ1) is 8.86. The summed E-state index contributed by atoms with van der Waals surface area (Å²) < 4.78 is 0. The van der Waals surface area contributed by atoms with Crippen LogP contribution >= 0.6 is 0 Å². The molecule has 0 bridgehead atoms. The highest BCUT2D eigenvalue weighted by molar-refractivity contribution is 6.36. The van der Waals surface area contributed by atoms with Gasteiger partial charge in [-0.2, -0.15) is 0 Å². The quantitative estimate of drug-likeness (QED) is 0.347. The third kappa shape index (κ3) is 7.37. The van der Waals surface area contributed by atoms with E-state index < -0.39 is 0 Å². The monoisotopic (exact) mass is 267 g/mol. The summed E-state index contributed by atoms with van der Waals surface area (Å²) in [5.74, 6) is 0. The molecule has 1 saturated heterocycles. The lowest BCUT2D eigenvalue weighted by Crippen LogP contribution is -2.30. The standard InChI is InChI=1S/C16H33NSi/c1-3-8-16(9-4-2)10-14-18-15-13-17-11-6-5-7-12-17/h10H,3-9,11-15,18H2,1-2H3. The predicted molar refractivity (Wildman–Crippen MR) is 86.3 cm³/mol. The molecule has 106 valence electrons. The lowest BCUT2D eigenvalue weighted by Gasteiger charge is -2.26. The van der Waals surface area contributed by atoms with Gasteiger partial charge in [-0.05, 0) is 57.4 Å². The number of allylic oxidation sites excluding steroid dienone is 2. The van der Waals surface area contributed by atoms with Crippen LogP contribution in [0.25, 0.3) is 0 Å². The van der Waals surface area contributed by atoms with Gasteiger partial charge in [0.2, 0.25) is 0 Å². The molecule has 0 aromatic rings. The molecule has 0 atom stereocenters. The van der Waals surface area contributed by atoms with Crippen LogP contribution in [0.3, 0.4) is 0 Å². The van der Waals surface area contributed by atoms with E-state index >= 15 is 0 Å². The van der Waals surface area contributed by atoms with E-state index in [1.165, 1.54) is 76.7 Å². The fourth-order valence-electron chi connectivity index (χ4n) is 2.94. The third-order valence-corrected chi connectivity index (χ3v) is 5.47. The summed E-state index contributed by atoms with van der Waals surface area (Å²) in [7, 11) is 0.172. The second-order valence-electron chi connectivity index (χ2n) is 5.76. The van der Waals surface area contributed by atoms with Crippen LogP contribution in [0.15, 0.2) is 11.6 Å². The molecule has 1 heterocycles. The molecule has 0 spiro atoms. The van der Waals surface area contributed by atoms with Gasteiger partial charge in [0.15, 0.2) is 0 Å². The molecular formula is C16H33NSi. The van der Waals surface area contributed by atoms with Crippen molar-refractivity contribution in [2.24, 2.45) is 0 Å². The molecule has 0 amide bonds. The summed E-state index contributed by atoms with van der Waals surface area (Å²) in [6, 6.07) is 2.98. The van der Waals surface area contributed by atoms with Gasteiger partial charge in [-0.25, -0.2) is 0 Å². The van der Waals surface area contributed by atoms with E-state index in [4.69, 9.17) is 0 Å². The summed E-state index contributed by atoms with van der Waals surface area (Å²) >= 11 is 0. The Labute approximate surface area is 117 Å². The molecule has 1 aliphatic heterocycles. The van der Waals surface area contributed by atoms with E-state index in [2.05, 4.69) is 24.8 Å². The smallest absolute Gasteiger partial charge is 0.0254 e. The molecule has 1 fully saturated rings. The summed E-state index contributed by atoms with van der Waals surface area (Å²) in [6.45, 7) is 8.76. The van der Waals surface area contributed by atoms with Crippen molar-refractivity contribution in [1.29, 1.82) is 0 Å². The fourth-order valence-corrected chi connectivity index (χ4v) is 4.51. The highest BCUT2D eigenvalue weighted by Crippen LogP contribution is 2.13. The first-order valence-electron chi connectivity index (χ1n) is 8.27. The van der Waals surface area contributed by atoms with Gasteiger partial charge in [-0.3, -0.25) is 0 Å². The Morgan fingerprint density at radius 2 is 1.72 bits per heavy atom. The maximum absolute atomic E-state index is 2.69. The van der Waals surface area contributed by atoms with Crippen LogP contribution in [0, 0.1) is 0 Å². The summed E-state index contributed by atoms with van der Waals surface area (Å²) in [4.78, 5) is 2.69. The second kappa shape index (κ2) is 10.8. The topological polar surface area (TPSA) is 3.24 Å². The molecule has 1 aliphatic rings. The van der Waals surface area contributed by atoms with Crippen molar-refractivity contribution in [2.75, 3.05) is 19.6 Å². The average Bonchev–Trinajstić information content (AvgIpc) is 2.40. The van der Waals surface area contributed by atoms with E-state index in [9.17, 15) is 0 Å². The van der Waals surface area contributed by atoms with Gasteiger partial charge < -0.3 is 4.90 Å². The van der Waals surface area contributed by atoms with Crippen LogP contribution < -0.4 is 0 Å². The molecule has 1 nitrogen and oxygen atoms in total. The second-order valence-corrected chi connectivity index (χ2v) is 7.75. The number of piperidine rings is 1. The van der Waals surface area contributed by atoms with Gasteiger partial charge in [0.05, 0.1) is 0 Å². The molecule has 2 heteroatoms. The Balaban J connectivity index is 2.06. The SMILES string of the molecule is CCCC(=CC[SiH2]CCN1CCCCC1)CCC. The Morgan fingerprint density at radius 3 is 2.33 bits per heavy atom. The van der Waals surface area contributed by atoms with Gasteiger partial charge in [0, 0.05) is 9.52 Å². The molecule has 0 radical (unpaired) electrons. The highest BCUT2D eigenvalue weighted by Gasteiger charge is 2.08. The zero-order chi connectivity index (χ0) is 13.1.